The zero-order chi connectivity index (χ0) is 13.5. The molecule has 0 bridgehead atoms. The molecule has 98 valence electrons. The lowest BCUT2D eigenvalue weighted by molar-refractivity contribution is 0.174. The molecule has 1 aliphatic heterocycles. The maximum absolute atomic E-state index is 6.07. The molecule has 0 saturated heterocycles. The van der Waals surface area contributed by atoms with E-state index in [4.69, 9.17) is 15.2 Å². The van der Waals surface area contributed by atoms with E-state index in [-0.39, 0.29) is 6.79 Å². The largest absolute Gasteiger partial charge is 0.454 e. The predicted molar refractivity (Wildman–Crippen MR) is 75.5 cm³/mol. The monoisotopic (exact) mass is 265 g/mol. The Balaban J connectivity index is 1.90. The standard InChI is InChI=1S/C15H11N3O2/c16-11-7-12(18-15-10(11)2-1-5-17-15)9-3-4-13-14(6-9)20-8-19-13/h1-7H,8H2,(H2,16,17,18). The molecule has 20 heavy (non-hydrogen) atoms. The van der Waals surface area contributed by atoms with E-state index in [0.717, 1.165) is 28.1 Å². The molecule has 1 aliphatic rings. The van der Waals surface area contributed by atoms with E-state index < -0.39 is 0 Å². The van der Waals surface area contributed by atoms with E-state index >= 15 is 0 Å². The van der Waals surface area contributed by atoms with Gasteiger partial charge in [0.1, 0.15) is 0 Å². The van der Waals surface area contributed by atoms with E-state index in [1.165, 1.54) is 0 Å². The number of hydrogen-bond donors (Lipinski definition) is 1. The molecule has 2 N–H and O–H groups in total. The van der Waals surface area contributed by atoms with Crippen LogP contribution in [0.25, 0.3) is 22.3 Å². The van der Waals surface area contributed by atoms with Gasteiger partial charge in [-0.2, -0.15) is 0 Å². The van der Waals surface area contributed by atoms with Crippen LogP contribution in [0, 0.1) is 0 Å². The Hall–Kier alpha value is -2.82. The van der Waals surface area contributed by atoms with Crippen LogP contribution in [-0.4, -0.2) is 16.8 Å². The molecule has 0 amide bonds. The molecule has 5 heteroatoms. The van der Waals surface area contributed by atoms with Crippen molar-refractivity contribution in [1.82, 2.24) is 9.97 Å². The summed E-state index contributed by atoms with van der Waals surface area (Å²) in [7, 11) is 0. The van der Waals surface area contributed by atoms with Crippen LogP contribution in [0.2, 0.25) is 0 Å². The number of anilines is 1. The number of nitrogens with two attached hydrogens (primary N) is 1. The van der Waals surface area contributed by atoms with Crippen molar-refractivity contribution in [3.05, 3.63) is 42.6 Å². The maximum atomic E-state index is 6.07. The second-order valence-corrected chi connectivity index (χ2v) is 4.54. The molecule has 0 atom stereocenters. The molecule has 1 aromatic carbocycles. The second kappa shape index (κ2) is 4.09. The molecule has 2 aromatic heterocycles. The number of nitrogen functional groups attached to an aromatic ring is 1. The van der Waals surface area contributed by atoms with Crippen molar-refractivity contribution < 1.29 is 9.47 Å². The summed E-state index contributed by atoms with van der Waals surface area (Å²) in [5.74, 6) is 1.48. The Labute approximate surface area is 115 Å². The lowest BCUT2D eigenvalue weighted by Gasteiger charge is -2.06. The first kappa shape index (κ1) is 11.0. The van der Waals surface area contributed by atoms with Gasteiger partial charge in [-0.15, -0.1) is 0 Å². The first-order chi connectivity index (χ1) is 9.81. The molecule has 0 radical (unpaired) electrons. The van der Waals surface area contributed by atoms with Crippen molar-refractivity contribution in [1.29, 1.82) is 0 Å². The van der Waals surface area contributed by atoms with Gasteiger partial charge in [-0.1, -0.05) is 0 Å². The topological polar surface area (TPSA) is 70.3 Å². The summed E-state index contributed by atoms with van der Waals surface area (Å²) in [6.45, 7) is 0.258. The van der Waals surface area contributed by atoms with Gasteiger partial charge < -0.3 is 15.2 Å². The highest BCUT2D eigenvalue weighted by Gasteiger charge is 2.15. The van der Waals surface area contributed by atoms with Gasteiger partial charge in [0, 0.05) is 22.8 Å². The molecule has 0 saturated carbocycles. The number of benzene rings is 1. The van der Waals surface area contributed by atoms with Crippen molar-refractivity contribution in [3.63, 3.8) is 0 Å². The molecular weight excluding hydrogens is 254 g/mol. The fourth-order valence-corrected chi connectivity index (χ4v) is 2.29. The first-order valence-electron chi connectivity index (χ1n) is 6.22. The van der Waals surface area contributed by atoms with E-state index in [1.54, 1.807) is 6.20 Å². The number of nitrogens with zero attached hydrogens (tertiary/aromatic N) is 2. The maximum Gasteiger partial charge on any atom is 0.231 e. The summed E-state index contributed by atoms with van der Waals surface area (Å²) in [5.41, 5.74) is 9.07. The van der Waals surface area contributed by atoms with Gasteiger partial charge in [0.15, 0.2) is 17.1 Å². The lowest BCUT2D eigenvalue weighted by Crippen LogP contribution is -1.94. The Kier molecular flexibility index (Phi) is 2.26. The molecule has 3 aromatic rings. The zero-order valence-electron chi connectivity index (χ0n) is 10.5. The third-order valence-corrected chi connectivity index (χ3v) is 3.28. The van der Waals surface area contributed by atoms with E-state index in [2.05, 4.69) is 9.97 Å². The summed E-state index contributed by atoms with van der Waals surface area (Å²) in [6, 6.07) is 11.3. The minimum atomic E-state index is 0.258. The summed E-state index contributed by atoms with van der Waals surface area (Å²) in [6.07, 6.45) is 1.71. The predicted octanol–water partition coefficient (Wildman–Crippen LogP) is 2.61. The zero-order valence-corrected chi connectivity index (χ0v) is 10.5. The molecule has 0 aliphatic carbocycles. The van der Waals surface area contributed by atoms with Crippen molar-refractivity contribution in [2.75, 3.05) is 12.5 Å². The van der Waals surface area contributed by atoms with Gasteiger partial charge in [0.25, 0.3) is 0 Å². The molecule has 0 fully saturated rings. The Morgan fingerprint density at radius 2 is 1.95 bits per heavy atom. The highest BCUT2D eigenvalue weighted by molar-refractivity contribution is 5.90. The van der Waals surface area contributed by atoms with Crippen LogP contribution in [0.4, 0.5) is 5.69 Å². The van der Waals surface area contributed by atoms with Crippen molar-refractivity contribution >= 4 is 16.7 Å². The van der Waals surface area contributed by atoms with Crippen LogP contribution < -0.4 is 15.2 Å². The number of fused-ring (bicyclic) bond motifs is 2. The minimum Gasteiger partial charge on any atom is -0.454 e. The summed E-state index contributed by atoms with van der Waals surface area (Å²) in [4.78, 5) is 8.80. The third-order valence-electron chi connectivity index (χ3n) is 3.28. The Morgan fingerprint density at radius 3 is 2.90 bits per heavy atom. The fourth-order valence-electron chi connectivity index (χ4n) is 2.29. The van der Waals surface area contributed by atoms with E-state index in [0.29, 0.717) is 11.3 Å². The number of aromatic nitrogens is 2. The van der Waals surface area contributed by atoms with Gasteiger partial charge in [-0.05, 0) is 36.4 Å². The highest BCUT2D eigenvalue weighted by atomic mass is 16.7. The van der Waals surface area contributed by atoms with Crippen molar-refractivity contribution in [3.8, 4) is 22.8 Å². The molecule has 4 rings (SSSR count). The third kappa shape index (κ3) is 1.64. The molecule has 3 heterocycles. The van der Waals surface area contributed by atoms with Gasteiger partial charge >= 0.3 is 0 Å². The fraction of sp³-hybridized carbons (Fsp3) is 0.0667. The SMILES string of the molecule is Nc1cc(-c2ccc3c(c2)OCO3)nc2ncccc12. The summed E-state index contributed by atoms with van der Waals surface area (Å²) < 4.78 is 10.7. The average molecular weight is 265 g/mol. The highest BCUT2D eigenvalue weighted by Crippen LogP contribution is 2.36. The van der Waals surface area contributed by atoms with Crippen LogP contribution in [0.15, 0.2) is 42.6 Å². The second-order valence-electron chi connectivity index (χ2n) is 4.54. The van der Waals surface area contributed by atoms with Crippen molar-refractivity contribution in [2.45, 2.75) is 0 Å². The van der Waals surface area contributed by atoms with Gasteiger partial charge in [-0.3, -0.25) is 0 Å². The molecule has 5 nitrogen and oxygen atoms in total. The van der Waals surface area contributed by atoms with E-state index in [1.807, 2.05) is 36.4 Å². The number of rotatable bonds is 1. The van der Waals surface area contributed by atoms with E-state index in [9.17, 15) is 0 Å². The van der Waals surface area contributed by atoms with Crippen molar-refractivity contribution in [2.24, 2.45) is 0 Å². The van der Waals surface area contributed by atoms with Crippen LogP contribution in [0.3, 0.4) is 0 Å². The first-order valence-corrected chi connectivity index (χ1v) is 6.22. The molecule has 0 unspecified atom stereocenters. The Bertz CT molecular complexity index is 817. The molecular formula is C15H11N3O2. The summed E-state index contributed by atoms with van der Waals surface area (Å²) in [5, 5.41) is 0.858. The summed E-state index contributed by atoms with van der Waals surface area (Å²) >= 11 is 0. The van der Waals surface area contributed by atoms with Crippen LogP contribution >= 0.6 is 0 Å². The van der Waals surface area contributed by atoms with Crippen LogP contribution in [-0.2, 0) is 0 Å². The number of ether oxygens (including phenoxy) is 2. The van der Waals surface area contributed by atoms with Crippen LogP contribution in [0.1, 0.15) is 0 Å². The quantitative estimate of drug-likeness (QED) is 0.732. The lowest BCUT2D eigenvalue weighted by atomic mass is 10.1. The Morgan fingerprint density at radius 1 is 1.05 bits per heavy atom. The minimum absolute atomic E-state index is 0.258. The average Bonchev–Trinajstić information content (AvgIpc) is 2.94. The van der Waals surface area contributed by atoms with Gasteiger partial charge in [0.05, 0.1) is 5.69 Å². The normalized spacial score (nSPS) is 12.8. The smallest absolute Gasteiger partial charge is 0.231 e. The van der Waals surface area contributed by atoms with Gasteiger partial charge in [-0.25, -0.2) is 9.97 Å². The van der Waals surface area contributed by atoms with Crippen LogP contribution in [0.5, 0.6) is 11.5 Å². The van der Waals surface area contributed by atoms with Gasteiger partial charge in [0.2, 0.25) is 6.79 Å². The molecule has 0 spiro atoms. The number of hydrogen-bond acceptors (Lipinski definition) is 5. The number of pyridine rings is 2.